The molecule has 3 amide bonds. The van der Waals surface area contributed by atoms with E-state index in [2.05, 4.69) is 10.6 Å². The molecule has 0 aliphatic heterocycles. The molecule has 0 saturated heterocycles. The lowest BCUT2D eigenvalue weighted by Gasteiger charge is -2.13. The Morgan fingerprint density at radius 3 is 2.45 bits per heavy atom. The molecule has 0 aromatic heterocycles. The van der Waals surface area contributed by atoms with Crippen molar-refractivity contribution in [2.24, 2.45) is 0 Å². The number of benzene rings is 1. The molecular weight excluding hydrogens is 286 g/mol. The molecule has 4 nitrogen and oxygen atoms in total. The largest absolute Gasteiger partial charge is 0.338 e. The van der Waals surface area contributed by atoms with Crippen LogP contribution >= 0.6 is 11.8 Å². The molecule has 0 fully saturated rings. The van der Waals surface area contributed by atoms with E-state index in [0.29, 0.717) is 6.54 Å². The Morgan fingerprint density at radius 2 is 1.90 bits per heavy atom. The van der Waals surface area contributed by atoms with Crippen molar-refractivity contribution in [3.05, 3.63) is 35.4 Å². The van der Waals surface area contributed by atoms with E-state index in [4.69, 9.17) is 0 Å². The maximum absolute atomic E-state index is 13.5. The number of carbonyl (C=O) groups excluding carboxylic acids is 2. The minimum Gasteiger partial charge on any atom is -0.338 e. The fraction of sp³-hybridized carbons (Fsp3) is 0.385. The highest BCUT2D eigenvalue weighted by molar-refractivity contribution is 8.00. The summed E-state index contributed by atoms with van der Waals surface area (Å²) < 4.78 is 27.0. The minimum absolute atomic E-state index is 0.0634. The highest BCUT2D eigenvalue weighted by Gasteiger charge is 2.18. The van der Waals surface area contributed by atoms with Crippen LogP contribution < -0.4 is 10.6 Å². The van der Waals surface area contributed by atoms with Gasteiger partial charge < -0.3 is 5.32 Å². The average molecular weight is 302 g/mol. The molecule has 1 aromatic carbocycles. The van der Waals surface area contributed by atoms with Crippen molar-refractivity contribution in [3.8, 4) is 0 Å². The summed E-state index contributed by atoms with van der Waals surface area (Å²) in [5, 5.41) is 4.00. The second kappa shape index (κ2) is 7.84. The number of urea groups is 1. The monoisotopic (exact) mass is 302 g/mol. The van der Waals surface area contributed by atoms with E-state index in [1.165, 1.54) is 18.2 Å². The van der Waals surface area contributed by atoms with Crippen LogP contribution in [-0.2, 0) is 4.79 Å². The topological polar surface area (TPSA) is 58.2 Å². The molecule has 7 heteroatoms. The van der Waals surface area contributed by atoms with Gasteiger partial charge in [0.05, 0.1) is 5.75 Å². The Balaban J connectivity index is 2.53. The number of carbonyl (C=O) groups is 2. The number of imide groups is 1. The van der Waals surface area contributed by atoms with Gasteiger partial charge in [-0.25, -0.2) is 13.6 Å². The van der Waals surface area contributed by atoms with Gasteiger partial charge in [0.15, 0.2) is 0 Å². The Hall–Kier alpha value is -1.63. The number of amides is 3. The lowest BCUT2D eigenvalue weighted by Crippen LogP contribution is -2.40. The van der Waals surface area contributed by atoms with Crippen LogP contribution in [0.5, 0.6) is 0 Å². The van der Waals surface area contributed by atoms with Gasteiger partial charge in [-0.15, -0.1) is 11.8 Å². The van der Waals surface area contributed by atoms with E-state index in [-0.39, 0.29) is 11.3 Å². The Kier molecular flexibility index (Phi) is 6.44. The van der Waals surface area contributed by atoms with Gasteiger partial charge >= 0.3 is 6.03 Å². The molecule has 1 rings (SSSR count). The highest BCUT2D eigenvalue weighted by Crippen LogP contribution is 2.31. The van der Waals surface area contributed by atoms with Crippen molar-refractivity contribution in [2.75, 3.05) is 12.3 Å². The summed E-state index contributed by atoms with van der Waals surface area (Å²) in [6.45, 7) is 3.73. The lowest BCUT2D eigenvalue weighted by atomic mass is 10.1. The quantitative estimate of drug-likeness (QED) is 0.879. The molecule has 110 valence electrons. The van der Waals surface area contributed by atoms with Gasteiger partial charge in [-0.3, -0.25) is 10.1 Å². The highest BCUT2D eigenvalue weighted by atomic mass is 32.2. The van der Waals surface area contributed by atoms with Crippen LogP contribution in [0.2, 0.25) is 0 Å². The third kappa shape index (κ3) is 4.80. The molecule has 20 heavy (non-hydrogen) atoms. The first-order chi connectivity index (χ1) is 9.45. The first kappa shape index (κ1) is 16.4. The molecule has 0 saturated carbocycles. The maximum atomic E-state index is 13.5. The minimum atomic E-state index is -0.644. The SMILES string of the molecule is CCNC(=O)NC(=O)CS[C@@H](C)c1c(F)cccc1F. The van der Waals surface area contributed by atoms with Crippen LogP contribution in [0.4, 0.5) is 13.6 Å². The number of halogens is 2. The number of nitrogens with one attached hydrogen (secondary N) is 2. The molecule has 0 aliphatic carbocycles. The summed E-state index contributed by atoms with van der Waals surface area (Å²) in [6.07, 6.45) is 0. The fourth-order valence-electron chi connectivity index (χ4n) is 1.55. The standard InChI is InChI=1S/C13H16F2N2O2S/c1-3-16-13(19)17-11(18)7-20-8(2)12-9(14)5-4-6-10(12)15/h4-6,8H,3,7H2,1-2H3,(H2,16,17,18,19)/t8-/m0/s1. The second-order valence-electron chi connectivity index (χ2n) is 4.00. The molecule has 0 spiro atoms. The predicted octanol–water partition coefficient (Wildman–Crippen LogP) is 2.60. The van der Waals surface area contributed by atoms with E-state index in [0.717, 1.165) is 11.8 Å². The van der Waals surface area contributed by atoms with Gasteiger partial charge in [0.1, 0.15) is 11.6 Å². The predicted molar refractivity (Wildman–Crippen MR) is 74.4 cm³/mol. The molecule has 0 bridgehead atoms. The van der Waals surface area contributed by atoms with Crippen LogP contribution in [0.25, 0.3) is 0 Å². The third-order valence-electron chi connectivity index (χ3n) is 2.46. The summed E-state index contributed by atoms with van der Waals surface area (Å²) in [7, 11) is 0. The Morgan fingerprint density at radius 1 is 1.30 bits per heavy atom. The van der Waals surface area contributed by atoms with Crippen LogP contribution in [0.3, 0.4) is 0 Å². The molecular formula is C13H16F2N2O2S. The van der Waals surface area contributed by atoms with Gasteiger partial charge in [0.2, 0.25) is 5.91 Å². The summed E-state index contributed by atoms with van der Waals surface area (Å²) in [4.78, 5) is 22.6. The zero-order valence-corrected chi connectivity index (χ0v) is 12.0. The van der Waals surface area contributed by atoms with Crippen molar-refractivity contribution < 1.29 is 18.4 Å². The van der Waals surface area contributed by atoms with E-state index in [1.54, 1.807) is 13.8 Å². The van der Waals surface area contributed by atoms with Crippen molar-refractivity contribution in [1.82, 2.24) is 10.6 Å². The van der Waals surface area contributed by atoms with Crippen molar-refractivity contribution in [3.63, 3.8) is 0 Å². The first-order valence-corrected chi connectivity index (χ1v) is 7.13. The van der Waals surface area contributed by atoms with Crippen molar-refractivity contribution in [1.29, 1.82) is 0 Å². The van der Waals surface area contributed by atoms with E-state index < -0.39 is 28.8 Å². The molecule has 2 N–H and O–H groups in total. The van der Waals surface area contributed by atoms with Crippen molar-refractivity contribution >= 4 is 23.7 Å². The van der Waals surface area contributed by atoms with Crippen molar-refractivity contribution in [2.45, 2.75) is 19.1 Å². The van der Waals surface area contributed by atoms with E-state index >= 15 is 0 Å². The van der Waals surface area contributed by atoms with Crippen LogP contribution in [-0.4, -0.2) is 24.2 Å². The lowest BCUT2D eigenvalue weighted by molar-refractivity contribution is -0.117. The first-order valence-electron chi connectivity index (χ1n) is 6.08. The maximum Gasteiger partial charge on any atom is 0.321 e. The van der Waals surface area contributed by atoms with Gasteiger partial charge in [0, 0.05) is 17.4 Å². The fourth-order valence-corrected chi connectivity index (χ4v) is 2.42. The summed E-state index contributed by atoms with van der Waals surface area (Å²) in [5.41, 5.74) is -0.0664. The zero-order chi connectivity index (χ0) is 15.1. The summed E-state index contributed by atoms with van der Waals surface area (Å²) >= 11 is 1.05. The smallest absolute Gasteiger partial charge is 0.321 e. The average Bonchev–Trinajstić information content (AvgIpc) is 2.36. The summed E-state index contributed by atoms with van der Waals surface area (Å²) in [5.74, 6) is -1.86. The number of hydrogen-bond donors (Lipinski definition) is 2. The molecule has 0 radical (unpaired) electrons. The number of thioether (sulfide) groups is 1. The summed E-state index contributed by atoms with van der Waals surface area (Å²) in [6, 6.07) is 3.05. The molecule has 0 aliphatic rings. The van der Waals surface area contributed by atoms with Gasteiger partial charge in [-0.1, -0.05) is 6.07 Å². The molecule has 1 atom stereocenters. The number of rotatable bonds is 5. The molecule has 0 unspecified atom stereocenters. The van der Waals surface area contributed by atoms with Gasteiger partial charge in [0.25, 0.3) is 0 Å². The van der Waals surface area contributed by atoms with Gasteiger partial charge in [-0.2, -0.15) is 0 Å². The second-order valence-corrected chi connectivity index (χ2v) is 5.33. The van der Waals surface area contributed by atoms with E-state index in [9.17, 15) is 18.4 Å². The molecule has 1 aromatic rings. The van der Waals surface area contributed by atoms with Gasteiger partial charge in [-0.05, 0) is 26.0 Å². The zero-order valence-electron chi connectivity index (χ0n) is 11.2. The van der Waals surface area contributed by atoms with Crippen LogP contribution in [0, 0.1) is 11.6 Å². The Bertz CT molecular complexity index is 477. The number of hydrogen-bond acceptors (Lipinski definition) is 3. The Labute approximate surface area is 120 Å². The normalized spacial score (nSPS) is 11.8. The van der Waals surface area contributed by atoms with E-state index in [1.807, 2.05) is 0 Å². The molecule has 0 heterocycles. The van der Waals surface area contributed by atoms with Crippen LogP contribution in [0.1, 0.15) is 24.7 Å². The van der Waals surface area contributed by atoms with Crippen LogP contribution in [0.15, 0.2) is 18.2 Å². The third-order valence-corrected chi connectivity index (χ3v) is 3.63.